The fraction of sp³-hybridized carbons (Fsp3) is 0.679. The van der Waals surface area contributed by atoms with Crippen LogP contribution in [0, 0.1) is 0 Å². The maximum Gasteiger partial charge on any atom is 0.336 e. The molecule has 0 amide bonds. The molecule has 0 spiro atoms. The van der Waals surface area contributed by atoms with E-state index in [1.807, 2.05) is 56.2 Å². The Morgan fingerprint density at radius 1 is 0.265 bits per heavy atom. The van der Waals surface area contributed by atoms with Crippen LogP contribution in [0.2, 0.25) is 0 Å². The molecule has 0 aliphatic heterocycles. The standard InChI is InChI=1S/C84H132N6O27/c1-19-25-40-85(41-26-20-2)46-64(112-70(91)34-31-37-73(94)115-67(52-106-76(97)58(7)8)53-107-77(98)59(9)10)49-88-82(103)89(50-65(47-86(42-27-21-3)43-28-22-4)113-71(92)35-32-38-74(95)116-68(54-108-78(99)60(11)12)55-109-79(100)61(13)14)84(105)90(83(88)104)51-66(48-87(44-29-23-5)45-30-24-6)114-72(93)36-33-39-75(96)117-69(56-110-80(101)62(15)16)57-111-81(102)63(17)18/h64-69H,7,9,11,13,15,17,19-57H2,1-6,8,10,12,14,16,18H3. The van der Waals surface area contributed by atoms with E-state index in [0.29, 0.717) is 77.8 Å². The number of rotatable bonds is 66. The van der Waals surface area contributed by atoms with E-state index in [4.69, 9.17) is 56.8 Å². The molecule has 0 saturated heterocycles. The van der Waals surface area contributed by atoms with Gasteiger partial charge in [0.05, 0.1) is 19.6 Å². The molecule has 0 fully saturated rings. The van der Waals surface area contributed by atoms with Crippen LogP contribution in [0.4, 0.5) is 0 Å². The Labute approximate surface area is 688 Å². The second kappa shape index (κ2) is 59.9. The highest BCUT2D eigenvalue weighted by Gasteiger charge is 2.32. The lowest BCUT2D eigenvalue weighted by Crippen LogP contribution is -2.58. The zero-order chi connectivity index (χ0) is 88.1. The quantitative estimate of drug-likeness (QED) is 0.0334. The van der Waals surface area contributed by atoms with Gasteiger partial charge in [0.25, 0.3) is 0 Å². The van der Waals surface area contributed by atoms with Gasteiger partial charge in [0.1, 0.15) is 58.0 Å². The van der Waals surface area contributed by atoms with Gasteiger partial charge in [-0.2, -0.15) is 0 Å². The second-order valence-corrected chi connectivity index (χ2v) is 29.2. The van der Waals surface area contributed by atoms with E-state index >= 15 is 14.4 Å². The number of esters is 12. The zero-order valence-corrected chi connectivity index (χ0v) is 71.5. The molecular weight excluding hydrogens is 1520 g/mol. The molecule has 3 atom stereocenters. The Hall–Kier alpha value is -9.63. The van der Waals surface area contributed by atoms with Crippen molar-refractivity contribution in [2.45, 2.75) is 274 Å². The van der Waals surface area contributed by atoms with Gasteiger partial charge in [-0.15, -0.1) is 0 Å². The number of ether oxygens (including phenoxy) is 12. The Morgan fingerprint density at radius 2 is 0.419 bits per heavy atom. The van der Waals surface area contributed by atoms with Crippen molar-refractivity contribution < 1.29 is 114 Å². The molecule has 660 valence electrons. The number of unbranched alkanes of at least 4 members (excludes halogenated alkanes) is 6. The molecule has 0 aliphatic rings. The van der Waals surface area contributed by atoms with Crippen LogP contribution in [0.15, 0.2) is 87.3 Å². The molecule has 3 unspecified atom stereocenters. The van der Waals surface area contributed by atoms with Gasteiger partial charge >= 0.3 is 88.7 Å². The van der Waals surface area contributed by atoms with Gasteiger partial charge in [-0.3, -0.25) is 43.5 Å². The molecule has 0 aliphatic carbocycles. The normalized spacial score (nSPS) is 11.9. The monoisotopic (exact) mass is 1660 g/mol. The number of aromatic nitrogens is 3. The molecule has 1 rings (SSSR count). The van der Waals surface area contributed by atoms with E-state index in [0.717, 1.165) is 52.2 Å². The van der Waals surface area contributed by atoms with E-state index < -0.39 is 223 Å². The summed E-state index contributed by atoms with van der Waals surface area (Å²) in [4.78, 5) is 210. The zero-order valence-electron chi connectivity index (χ0n) is 71.5. The first-order valence-electron chi connectivity index (χ1n) is 40.7. The van der Waals surface area contributed by atoms with Gasteiger partial charge in [-0.05, 0) is 139 Å². The minimum atomic E-state index is -1.34. The van der Waals surface area contributed by atoms with Gasteiger partial charge in [-0.1, -0.05) is 120 Å². The molecule has 0 aromatic carbocycles. The van der Waals surface area contributed by atoms with Crippen LogP contribution >= 0.6 is 0 Å². The number of hydrogen-bond acceptors (Lipinski definition) is 30. The fourth-order valence-electron chi connectivity index (χ4n) is 10.9. The Bertz CT molecular complexity index is 3140. The molecule has 1 heterocycles. The van der Waals surface area contributed by atoms with Crippen LogP contribution in [-0.4, -0.2) is 235 Å². The number of hydrogen-bond donors (Lipinski definition) is 0. The highest BCUT2D eigenvalue weighted by atomic mass is 16.6. The first kappa shape index (κ1) is 105. The van der Waals surface area contributed by atoms with E-state index in [9.17, 15) is 57.5 Å². The predicted octanol–water partition coefficient (Wildman–Crippen LogP) is 8.58. The third kappa shape index (κ3) is 46.2. The van der Waals surface area contributed by atoms with Crippen LogP contribution in [-0.2, 0) is 134 Å². The molecule has 0 radical (unpaired) electrons. The molecule has 33 heteroatoms. The first-order chi connectivity index (χ1) is 55.4. The fourth-order valence-corrected chi connectivity index (χ4v) is 10.9. The lowest BCUT2D eigenvalue weighted by atomic mass is 10.2. The summed E-state index contributed by atoms with van der Waals surface area (Å²) >= 11 is 0. The summed E-state index contributed by atoms with van der Waals surface area (Å²) in [5, 5.41) is 0. The highest BCUT2D eigenvalue weighted by Crippen LogP contribution is 2.16. The largest absolute Gasteiger partial charge is 0.459 e. The van der Waals surface area contributed by atoms with Crippen molar-refractivity contribution in [3.8, 4) is 0 Å². The van der Waals surface area contributed by atoms with Crippen LogP contribution in [0.3, 0.4) is 0 Å². The van der Waals surface area contributed by atoms with E-state index in [1.165, 1.54) is 41.5 Å². The summed E-state index contributed by atoms with van der Waals surface area (Å²) in [6.45, 7) is 39.2. The summed E-state index contributed by atoms with van der Waals surface area (Å²) < 4.78 is 68.6. The Morgan fingerprint density at radius 3 is 0.564 bits per heavy atom. The molecule has 0 N–H and O–H groups in total. The van der Waals surface area contributed by atoms with Gasteiger partial charge in [0.15, 0.2) is 18.3 Å². The molecule has 33 nitrogen and oxygen atoms in total. The Kier molecular flexibility index (Phi) is 54.0. The highest BCUT2D eigenvalue weighted by molar-refractivity contribution is 5.89. The van der Waals surface area contributed by atoms with Crippen LogP contribution < -0.4 is 17.1 Å². The minimum absolute atomic E-state index is 0.0505. The van der Waals surface area contributed by atoms with Crippen molar-refractivity contribution in [3.05, 3.63) is 104 Å². The van der Waals surface area contributed by atoms with Crippen molar-refractivity contribution in [3.63, 3.8) is 0 Å². The van der Waals surface area contributed by atoms with Crippen molar-refractivity contribution in [2.24, 2.45) is 0 Å². The molecule has 117 heavy (non-hydrogen) atoms. The third-order valence-electron chi connectivity index (χ3n) is 17.5. The lowest BCUT2D eigenvalue weighted by Gasteiger charge is -2.30. The Balaban J connectivity index is 4.44. The molecule has 0 bridgehead atoms. The summed E-state index contributed by atoms with van der Waals surface area (Å²) in [6, 6.07) is 0. The van der Waals surface area contributed by atoms with Crippen molar-refractivity contribution in [2.75, 3.05) is 98.5 Å². The van der Waals surface area contributed by atoms with Gasteiger partial charge in [-0.25, -0.2) is 56.9 Å². The summed E-state index contributed by atoms with van der Waals surface area (Å²) in [5.41, 5.74) is -3.31. The van der Waals surface area contributed by atoms with Crippen LogP contribution in [0.5, 0.6) is 0 Å². The van der Waals surface area contributed by atoms with E-state index in [-0.39, 0.29) is 72.3 Å². The maximum atomic E-state index is 15.7. The third-order valence-corrected chi connectivity index (χ3v) is 17.5. The van der Waals surface area contributed by atoms with E-state index in [1.54, 1.807) is 0 Å². The summed E-state index contributed by atoms with van der Waals surface area (Å²) in [7, 11) is 0. The maximum absolute atomic E-state index is 15.7. The van der Waals surface area contributed by atoms with Gasteiger partial charge in [0, 0.05) is 91.6 Å². The van der Waals surface area contributed by atoms with Gasteiger partial charge < -0.3 is 56.8 Å². The van der Waals surface area contributed by atoms with Crippen molar-refractivity contribution in [1.29, 1.82) is 0 Å². The summed E-state index contributed by atoms with van der Waals surface area (Å²) in [6.07, 6.45) is -2.14. The first-order valence-corrected chi connectivity index (χ1v) is 40.7. The lowest BCUT2D eigenvalue weighted by molar-refractivity contribution is -0.164. The number of nitrogens with zero attached hydrogens (tertiary/aromatic N) is 6. The van der Waals surface area contributed by atoms with Gasteiger partial charge in [0.2, 0.25) is 0 Å². The number of carbonyl (C=O) groups is 12. The van der Waals surface area contributed by atoms with E-state index in [2.05, 4.69) is 39.5 Å². The average molecular weight is 1660 g/mol. The van der Waals surface area contributed by atoms with Crippen molar-refractivity contribution in [1.82, 2.24) is 28.4 Å². The minimum Gasteiger partial charge on any atom is -0.459 e. The summed E-state index contributed by atoms with van der Waals surface area (Å²) in [5.74, 6) is -10.0. The predicted molar refractivity (Wildman–Crippen MR) is 433 cm³/mol. The van der Waals surface area contributed by atoms with Crippen LogP contribution in [0.1, 0.15) is 218 Å². The average Bonchev–Trinajstić information content (AvgIpc) is 0.773. The smallest absolute Gasteiger partial charge is 0.336 e. The SMILES string of the molecule is C=C(C)C(=O)OCC(COC(=O)C(=C)C)OC(=O)CCCC(=O)OC(CN(CCCC)CCCC)Cn1c(=O)n(CC(CN(CCCC)CCCC)OC(=O)CCCC(=O)OC(COC(=O)C(=C)C)COC(=O)C(=C)C)c(=O)n(CC(CN(CCCC)CCCC)OC(=O)CCCC(=O)OC(COC(=O)C(=C)C)COC(=O)C(=C)C)c1=O. The van der Waals surface area contributed by atoms with Crippen LogP contribution in [0.25, 0.3) is 0 Å². The van der Waals surface area contributed by atoms with Crippen molar-refractivity contribution >= 4 is 71.6 Å². The molecule has 1 aromatic heterocycles. The number of carbonyl (C=O) groups excluding carboxylic acids is 12. The topological polar surface area (TPSA) is 391 Å². The molecular formula is C84H132N6O27. The molecule has 1 aromatic rings. The molecule has 0 saturated carbocycles. The second-order valence-electron chi connectivity index (χ2n) is 29.2.